The first-order chi connectivity index (χ1) is 9.52. The number of benzene rings is 2. The van der Waals surface area contributed by atoms with Gasteiger partial charge in [0.15, 0.2) is 0 Å². The highest BCUT2D eigenvalue weighted by Crippen LogP contribution is 2.30. The van der Waals surface area contributed by atoms with Crippen LogP contribution >= 0.6 is 34.8 Å². The molecule has 1 unspecified atom stereocenters. The minimum absolute atomic E-state index is 0.281. The van der Waals surface area contributed by atoms with Crippen LogP contribution in [0.2, 0.25) is 15.1 Å². The summed E-state index contributed by atoms with van der Waals surface area (Å²) in [6, 6.07) is 9.26. The van der Waals surface area contributed by atoms with E-state index in [1.54, 1.807) is 30.3 Å². The van der Waals surface area contributed by atoms with Gasteiger partial charge in [-0.1, -0.05) is 46.9 Å². The van der Waals surface area contributed by atoms with Crippen LogP contribution in [0.4, 0.5) is 4.39 Å². The van der Waals surface area contributed by atoms with E-state index in [2.05, 4.69) is 5.43 Å². The van der Waals surface area contributed by atoms with E-state index in [9.17, 15) is 4.39 Å². The number of nitrogens with one attached hydrogen (secondary N) is 1. The van der Waals surface area contributed by atoms with Crippen LogP contribution in [0, 0.1) is 5.82 Å². The Hall–Kier alpha value is -0.840. The molecule has 0 aliphatic rings. The predicted octanol–water partition coefficient (Wildman–Crippen LogP) is 4.53. The molecule has 0 bridgehead atoms. The highest BCUT2D eigenvalue weighted by Gasteiger charge is 2.18. The summed E-state index contributed by atoms with van der Waals surface area (Å²) in [7, 11) is 0. The molecule has 0 aliphatic heterocycles. The topological polar surface area (TPSA) is 38.0 Å². The molecule has 0 heterocycles. The average Bonchev–Trinajstić information content (AvgIpc) is 2.40. The number of hydrogen-bond donors (Lipinski definition) is 2. The third-order valence-corrected chi connectivity index (χ3v) is 3.93. The van der Waals surface area contributed by atoms with Gasteiger partial charge in [-0.2, -0.15) is 0 Å². The lowest BCUT2D eigenvalue weighted by Gasteiger charge is -2.19. The van der Waals surface area contributed by atoms with Crippen molar-refractivity contribution in [1.29, 1.82) is 0 Å². The smallest absolute Gasteiger partial charge is 0.127 e. The maximum Gasteiger partial charge on any atom is 0.127 e. The Kier molecular flexibility index (Phi) is 5.24. The fourth-order valence-electron chi connectivity index (χ4n) is 1.97. The number of rotatable bonds is 4. The Labute approximate surface area is 131 Å². The molecule has 0 saturated carbocycles. The molecule has 0 fully saturated rings. The SMILES string of the molecule is NNC(Cc1c(F)cccc1Cl)c1ccc(Cl)cc1Cl. The van der Waals surface area contributed by atoms with Gasteiger partial charge >= 0.3 is 0 Å². The van der Waals surface area contributed by atoms with Gasteiger partial charge < -0.3 is 0 Å². The third kappa shape index (κ3) is 3.43. The second-order valence-electron chi connectivity index (χ2n) is 4.29. The van der Waals surface area contributed by atoms with E-state index in [4.69, 9.17) is 40.6 Å². The summed E-state index contributed by atoms with van der Waals surface area (Å²) in [5.74, 6) is 5.18. The van der Waals surface area contributed by atoms with Gasteiger partial charge in [0.2, 0.25) is 0 Å². The maximum absolute atomic E-state index is 13.8. The van der Waals surface area contributed by atoms with E-state index < -0.39 is 0 Å². The summed E-state index contributed by atoms with van der Waals surface area (Å²) in [5, 5.41) is 1.35. The highest BCUT2D eigenvalue weighted by atomic mass is 35.5. The van der Waals surface area contributed by atoms with Gasteiger partial charge in [-0.05, 0) is 36.2 Å². The fraction of sp³-hybridized carbons (Fsp3) is 0.143. The molecule has 1 atom stereocenters. The van der Waals surface area contributed by atoms with Gasteiger partial charge in [0.05, 0.1) is 6.04 Å². The first kappa shape index (κ1) is 15.5. The van der Waals surface area contributed by atoms with Crippen molar-refractivity contribution in [2.24, 2.45) is 5.84 Å². The second kappa shape index (κ2) is 6.74. The Morgan fingerprint density at radius 3 is 2.45 bits per heavy atom. The standard InChI is InChI=1S/C14H12Cl3FN2/c15-8-4-5-9(12(17)6-8)14(20-19)7-10-11(16)2-1-3-13(10)18/h1-6,14,20H,7,19H2. The van der Waals surface area contributed by atoms with Crippen LogP contribution in [-0.2, 0) is 6.42 Å². The molecule has 0 aromatic heterocycles. The lowest BCUT2D eigenvalue weighted by molar-refractivity contribution is 0.529. The van der Waals surface area contributed by atoms with Gasteiger partial charge in [0.1, 0.15) is 5.82 Å². The zero-order valence-corrected chi connectivity index (χ0v) is 12.6. The van der Waals surface area contributed by atoms with E-state index in [0.717, 1.165) is 5.56 Å². The molecule has 0 aliphatic carbocycles. The van der Waals surface area contributed by atoms with Crippen LogP contribution in [0.1, 0.15) is 17.2 Å². The summed E-state index contributed by atoms with van der Waals surface area (Å²) in [6.45, 7) is 0. The molecule has 0 saturated heterocycles. The van der Waals surface area contributed by atoms with Crippen molar-refractivity contribution in [3.8, 4) is 0 Å². The summed E-state index contributed by atoms with van der Waals surface area (Å²) in [6.07, 6.45) is 0.281. The van der Waals surface area contributed by atoms with Gasteiger partial charge in [-0.15, -0.1) is 0 Å². The quantitative estimate of drug-likeness (QED) is 0.637. The molecule has 3 N–H and O–H groups in total. The number of hydrogen-bond acceptors (Lipinski definition) is 2. The summed E-state index contributed by atoms with van der Waals surface area (Å²) in [4.78, 5) is 0. The third-order valence-electron chi connectivity index (χ3n) is 3.01. The molecular formula is C14H12Cl3FN2. The molecule has 0 spiro atoms. The molecule has 2 rings (SSSR count). The van der Waals surface area contributed by atoms with Crippen molar-refractivity contribution < 1.29 is 4.39 Å². The van der Waals surface area contributed by atoms with Crippen LogP contribution in [0.25, 0.3) is 0 Å². The summed E-state index contributed by atoms with van der Waals surface area (Å²) in [5.41, 5.74) is 3.75. The molecule has 6 heteroatoms. The van der Waals surface area contributed by atoms with Gasteiger partial charge in [-0.3, -0.25) is 11.3 Å². The van der Waals surface area contributed by atoms with Crippen LogP contribution in [0.3, 0.4) is 0 Å². The largest absolute Gasteiger partial charge is 0.271 e. The molecule has 2 aromatic carbocycles. The second-order valence-corrected chi connectivity index (χ2v) is 5.54. The Balaban J connectivity index is 2.34. The van der Waals surface area contributed by atoms with Gasteiger partial charge in [0, 0.05) is 20.6 Å². The number of hydrazine groups is 1. The van der Waals surface area contributed by atoms with E-state index >= 15 is 0 Å². The Morgan fingerprint density at radius 1 is 1.10 bits per heavy atom. The van der Waals surface area contributed by atoms with Crippen LogP contribution in [-0.4, -0.2) is 0 Å². The van der Waals surface area contributed by atoms with Gasteiger partial charge in [-0.25, -0.2) is 4.39 Å². The molecule has 0 amide bonds. The maximum atomic E-state index is 13.8. The first-order valence-electron chi connectivity index (χ1n) is 5.87. The lowest BCUT2D eigenvalue weighted by Crippen LogP contribution is -2.30. The molecule has 2 nitrogen and oxygen atoms in total. The van der Waals surface area contributed by atoms with Crippen molar-refractivity contribution >= 4 is 34.8 Å². The average molecular weight is 334 g/mol. The van der Waals surface area contributed by atoms with E-state index in [-0.39, 0.29) is 18.3 Å². The monoisotopic (exact) mass is 332 g/mol. The minimum atomic E-state index is -0.372. The van der Waals surface area contributed by atoms with Crippen molar-refractivity contribution in [3.05, 3.63) is 68.4 Å². The van der Waals surface area contributed by atoms with Crippen molar-refractivity contribution in [3.63, 3.8) is 0 Å². The Bertz CT molecular complexity index is 599. The molecule has 20 heavy (non-hydrogen) atoms. The lowest BCUT2D eigenvalue weighted by atomic mass is 9.99. The first-order valence-corrected chi connectivity index (χ1v) is 7.00. The van der Waals surface area contributed by atoms with Crippen molar-refractivity contribution in [2.75, 3.05) is 0 Å². The highest BCUT2D eigenvalue weighted by molar-refractivity contribution is 6.35. The zero-order valence-electron chi connectivity index (χ0n) is 10.3. The molecular weight excluding hydrogens is 322 g/mol. The van der Waals surface area contributed by atoms with E-state index in [1.165, 1.54) is 6.07 Å². The minimum Gasteiger partial charge on any atom is -0.271 e. The zero-order chi connectivity index (χ0) is 14.7. The fourth-order valence-corrected chi connectivity index (χ4v) is 2.75. The molecule has 0 radical (unpaired) electrons. The van der Waals surface area contributed by atoms with Crippen molar-refractivity contribution in [1.82, 2.24) is 5.43 Å². The van der Waals surface area contributed by atoms with Crippen LogP contribution < -0.4 is 11.3 Å². The van der Waals surface area contributed by atoms with Crippen molar-refractivity contribution in [2.45, 2.75) is 12.5 Å². The van der Waals surface area contributed by atoms with E-state index in [0.29, 0.717) is 20.6 Å². The molecule has 2 aromatic rings. The predicted molar refractivity (Wildman–Crippen MR) is 81.6 cm³/mol. The van der Waals surface area contributed by atoms with E-state index in [1.807, 2.05) is 0 Å². The number of halogens is 4. The number of nitrogens with two attached hydrogens (primary N) is 1. The van der Waals surface area contributed by atoms with Crippen LogP contribution in [0.15, 0.2) is 36.4 Å². The molecule has 106 valence electrons. The normalized spacial score (nSPS) is 12.4. The summed E-state index contributed by atoms with van der Waals surface area (Å²) < 4.78 is 13.8. The summed E-state index contributed by atoms with van der Waals surface area (Å²) >= 11 is 18.0. The van der Waals surface area contributed by atoms with Gasteiger partial charge in [0.25, 0.3) is 0 Å². The Morgan fingerprint density at radius 2 is 1.85 bits per heavy atom. The van der Waals surface area contributed by atoms with Crippen LogP contribution in [0.5, 0.6) is 0 Å².